The quantitative estimate of drug-likeness (QED) is 0.621. The lowest BCUT2D eigenvalue weighted by Crippen LogP contribution is -2.44. The largest absolute Gasteiger partial charge is 0.389 e. The summed E-state index contributed by atoms with van der Waals surface area (Å²) in [6, 6.07) is 3.10. The average Bonchev–Trinajstić information content (AvgIpc) is 2.54. The molecule has 1 N–H and O–H groups in total. The molecule has 0 aliphatic carbocycles. The molecule has 0 fully saturated rings. The molecule has 0 aromatic carbocycles. The summed E-state index contributed by atoms with van der Waals surface area (Å²) in [7, 11) is 0. The number of halogens is 4. The minimum atomic E-state index is -4.22. The second-order valence-electron chi connectivity index (χ2n) is 5.08. The summed E-state index contributed by atoms with van der Waals surface area (Å²) >= 11 is 6.23. The molecule has 1 aromatic rings. The van der Waals surface area contributed by atoms with Crippen LogP contribution in [-0.4, -0.2) is 44.9 Å². The third-order valence-electron chi connectivity index (χ3n) is 3.36. The van der Waals surface area contributed by atoms with Crippen LogP contribution in [0.5, 0.6) is 0 Å². The number of amides is 2. The molecule has 2 rings (SSSR count). The Hall–Kier alpha value is -2.09. The fourth-order valence-electron chi connectivity index (χ4n) is 2.16. The summed E-state index contributed by atoms with van der Waals surface area (Å²) in [5.74, 6) is 0. The summed E-state index contributed by atoms with van der Waals surface area (Å²) in [5.41, 5.74) is 1.27. The van der Waals surface area contributed by atoms with Crippen molar-refractivity contribution in [2.24, 2.45) is 0 Å². The molecular formula is C15H17ClF3N4O+. The van der Waals surface area contributed by atoms with Crippen LogP contribution >= 0.6 is 11.6 Å². The first-order chi connectivity index (χ1) is 11.3. The predicted molar refractivity (Wildman–Crippen MR) is 84.2 cm³/mol. The second-order valence-corrected chi connectivity index (χ2v) is 5.44. The van der Waals surface area contributed by atoms with Crippen LogP contribution in [0.1, 0.15) is 19.8 Å². The van der Waals surface area contributed by atoms with Crippen molar-refractivity contribution in [2.75, 3.05) is 13.1 Å². The molecule has 1 aliphatic rings. The van der Waals surface area contributed by atoms with Crippen molar-refractivity contribution in [2.45, 2.75) is 25.9 Å². The lowest BCUT2D eigenvalue weighted by atomic mass is 10.2. The zero-order valence-electron chi connectivity index (χ0n) is 13.0. The maximum atomic E-state index is 12.1. The molecular weight excluding hydrogens is 345 g/mol. The molecule has 0 spiro atoms. The molecule has 0 bridgehead atoms. The Morgan fingerprint density at radius 3 is 2.75 bits per heavy atom. The highest BCUT2D eigenvalue weighted by Gasteiger charge is 2.36. The van der Waals surface area contributed by atoms with E-state index in [2.05, 4.69) is 10.3 Å². The van der Waals surface area contributed by atoms with Gasteiger partial charge in [0.2, 0.25) is 11.9 Å². The van der Waals surface area contributed by atoms with Gasteiger partial charge in [0.15, 0.2) is 5.70 Å². The molecule has 24 heavy (non-hydrogen) atoms. The Labute approximate surface area is 142 Å². The van der Waals surface area contributed by atoms with E-state index >= 15 is 0 Å². The summed E-state index contributed by atoms with van der Waals surface area (Å²) in [5, 5.41) is 2.83. The first-order valence-corrected chi connectivity index (χ1v) is 7.77. The van der Waals surface area contributed by atoms with Crippen LogP contribution in [0.2, 0.25) is 0 Å². The fourth-order valence-corrected chi connectivity index (χ4v) is 2.45. The van der Waals surface area contributed by atoms with Crippen molar-refractivity contribution in [1.82, 2.24) is 15.2 Å². The van der Waals surface area contributed by atoms with Gasteiger partial charge in [-0.15, -0.1) is 4.58 Å². The van der Waals surface area contributed by atoms with Crippen LogP contribution in [0.25, 0.3) is 0 Å². The summed E-state index contributed by atoms with van der Waals surface area (Å²) in [4.78, 5) is 17.5. The number of alkyl halides is 3. The van der Waals surface area contributed by atoms with Gasteiger partial charge in [-0.3, -0.25) is 9.88 Å². The fraction of sp³-hybridized carbons (Fsp3) is 0.400. The molecule has 0 unspecified atom stereocenters. The molecule has 0 saturated carbocycles. The minimum Gasteiger partial charge on any atom is -0.338 e. The number of carbonyl (C=O) groups is 1. The molecule has 130 valence electrons. The van der Waals surface area contributed by atoms with E-state index in [-0.39, 0.29) is 13.0 Å². The predicted octanol–water partition coefficient (Wildman–Crippen LogP) is 3.59. The Morgan fingerprint density at radius 1 is 1.46 bits per heavy atom. The highest BCUT2D eigenvalue weighted by Crippen LogP contribution is 2.25. The molecule has 1 aliphatic heterocycles. The van der Waals surface area contributed by atoms with Crippen molar-refractivity contribution >= 4 is 28.5 Å². The summed E-state index contributed by atoms with van der Waals surface area (Å²) in [6.45, 7) is 2.05. The highest BCUT2D eigenvalue weighted by atomic mass is 35.5. The Bertz CT molecular complexity index is 658. The summed E-state index contributed by atoms with van der Waals surface area (Å²) < 4.78 is 37.9. The lowest BCUT2D eigenvalue weighted by Gasteiger charge is -2.24. The van der Waals surface area contributed by atoms with E-state index in [1.54, 1.807) is 36.2 Å². The molecule has 2 amide bonds. The maximum absolute atomic E-state index is 12.1. The smallest absolute Gasteiger partial charge is 0.338 e. The highest BCUT2D eigenvalue weighted by molar-refractivity contribution is 6.69. The Balaban J connectivity index is 1.92. The number of pyridine rings is 1. The average molecular weight is 362 g/mol. The first-order valence-electron chi connectivity index (χ1n) is 7.39. The lowest BCUT2D eigenvalue weighted by molar-refractivity contribution is -0.373. The number of allylic oxidation sites excluding steroid dienone is 1. The van der Waals surface area contributed by atoms with E-state index in [4.69, 9.17) is 11.6 Å². The number of aromatic nitrogens is 1. The zero-order valence-corrected chi connectivity index (χ0v) is 13.7. The van der Waals surface area contributed by atoms with Gasteiger partial charge in [0.05, 0.1) is 6.20 Å². The van der Waals surface area contributed by atoms with E-state index in [0.717, 1.165) is 5.69 Å². The molecule has 9 heteroatoms. The van der Waals surface area contributed by atoms with Crippen molar-refractivity contribution < 1.29 is 22.5 Å². The number of rotatable bonds is 6. The van der Waals surface area contributed by atoms with Gasteiger partial charge in [0, 0.05) is 31.8 Å². The minimum absolute atomic E-state index is 0.0495. The van der Waals surface area contributed by atoms with Crippen LogP contribution in [0.3, 0.4) is 0 Å². The number of hydrogen-bond acceptors (Lipinski definition) is 2. The van der Waals surface area contributed by atoms with E-state index in [0.29, 0.717) is 17.4 Å². The third-order valence-corrected chi connectivity index (χ3v) is 3.74. The molecule has 1 aromatic heterocycles. The van der Waals surface area contributed by atoms with E-state index in [1.165, 1.54) is 4.90 Å². The van der Waals surface area contributed by atoms with Crippen molar-refractivity contribution in [3.8, 4) is 0 Å². The summed E-state index contributed by atoms with van der Waals surface area (Å²) in [6.07, 6.45) is -0.363. The first kappa shape index (κ1) is 18.3. The van der Waals surface area contributed by atoms with Gasteiger partial charge in [-0.1, -0.05) is 0 Å². The van der Waals surface area contributed by atoms with E-state index in [1.807, 2.05) is 6.07 Å². The standard InChI is InChI=1S/C15H16ClF3N4O/c1-2-22(14(24)21-8-4-6-15(17,18)19)12-10-23(13(12)16)11-5-3-7-20-9-11/h3,5,7,9-10H,2,4,6,8H2,1H3/p+1. The Kier molecular flexibility index (Phi) is 5.82. The van der Waals surface area contributed by atoms with E-state index < -0.39 is 18.6 Å². The van der Waals surface area contributed by atoms with Crippen LogP contribution in [0.15, 0.2) is 36.4 Å². The van der Waals surface area contributed by atoms with Crippen LogP contribution in [0.4, 0.5) is 23.7 Å². The van der Waals surface area contributed by atoms with Crippen molar-refractivity contribution in [3.05, 3.63) is 36.4 Å². The Morgan fingerprint density at radius 2 is 2.21 bits per heavy atom. The van der Waals surface area contributed by atoms with Gasteiger partial charge in [0.1, 0.15) is 0 Å². The number of hydrogen-bond donors (Lipinski definition) is 1. The maximum Gasteiger partial charge on any atom is 0.389 e. The van der Waals surface area contributed by atoms with Crippen molar-refractivity contribution in [1.29, 1.82) is 0 Å². The zero-order chi connectivity index (χ0) is 17.7. The topological polar surface area (TPSA) is 48.2 Å². The van der Waals surface area contributed by atoms with Gasteiger partial charge < -0.3 is 5.32 Å². The van der Waals surface area contributed by atoms with Gasteiger partial charge in [0.25, 0.3) is 0 Å². The second kappa shape index (κ2) is 7.65. The van der Waals surface area contributed by atoms with Gasteiger partial charge in [-0.2, -0.15) is 13.2 Å². The van der Waals surface area contributed by atoms with Crippen molar-refractivity contribution in [3.63, 3.8) is 0 Å². The molecule has 0 radical (unpaired) electrons. The molecule has 5 nitrogen and oxygen atoms in total. The molecule has 0 atom stereocenters. The SMILES string of the molecule is CCN(C(=O)NCCCC(F)(F)F)C1=C[N+](c2cccnc2)=C1Cl. The van der Waals surface area contributed by atoms with E-state index in [9.17, 15) is 18.0 Å². The number of urea groups is 1. The number of carbonyl (C=O) groups excluding carboxylic acids is 1. The van der Waals surface area contributed by atoms with Crippen LogP contribution in [0, 0.1) is 0 Å². The number of nitrogens with one attached hydrogen (secondary N) is 1. The van der Waals surface area contributed by atoms with Crippen LogP contribution in [-0.2, 0) is 0 Å². The van der Waals surface area contributed by atoms with Gasteiger partial charge >= 0.3 is 17.4 Å². The van der Waals surface area contributed by atoms with Crippen LogP contribution < -0.4 is 5.32 Å². The molecule has 2 heterocycles. The monoisotopic (exact) mass is 361 g/mol. The third kappa shape index (κ3) is 4.47. The molecule has 0 saturated heterocycles. The number of nitrogens with zero attached hydrogens (tertiary/aromatic N) is 3. The normalized spacial score (nSPS) is 14.1. The van der Waals surface area contributed by atoms with Gasteiger partial charge in [-0.05, 0) is 31.0 Å². The van der Waals surface area contributed by atoms with Gasteiger partial charge in [-0.25, -0.2) is 4.79 Å².